The topological polar surface area (TPSA) is 81.2 Å². The highest BCUT2D eigenvalue weighted by Crippen LogP contribution is 2.43. The van der Waals surface area contributed by atoms with E-state index in [1.807, 2.05) is 6.07 Å². The van der Waals surface area contributed by atoms with Crippen LogP contribution in [0.1, 0.15) is 45.7 Å². The van der Waals surface area contributed by atoms with Crippen molar-refractivity contribution in [1.82, 2.24) is 14.7 Å². The number of nitrogens with two attached hydrogens (primary N) is 1. The van der Waals surface area contributed by atoms with Crippen molar-refractivity contribution in [3.8, 4) is 0 Å². The van der Waals surface area contributed by atoms with E-state index in [2.05, 4.69) is 5.10 Å². The molecule has 0 spiro atoms. The van der Waals surface area contributed by atoms with E-state index in [0.717, 1.165) is 0 Å². The Kier molecular flexibility index (Phi) is 5.30. The van der Waals surface area contributed by atoms with Gasteiger partial charge in [0.05, 0.1) is 6.04 Å². The molecule has 2 amide bonds. The van der Waals surface area contributed by atoms with Crippen LogP contribution in [0.15, 0.2) is 54.7 Å². The molecule has 2 N–H and O–H groups in total. The molecular formula is C22H20ClFN4O2. The molecule has 30 heavy (non-hydrogen) atoms. The Morgan fingerprint density at radius 1 is 1.27 bits per heavy atom. The fraction of sp³-hybridized carbons (Fsp3) is 0.227. The standard InChI is InChI=1S/C22H20ClFN4O2/c1-27-19(9-10-26-27)22(30)28(20(21(25)29)13-5-3-2-4-6-13)18-8-7-15-16(18)11-14(23)12-17(15)24/h2-6,9-12,18,20H,7-8H2,1H3,(H2,25,29)/t18-,20?/m1/s1. The van der Waals surface area contributed by atoms with E-state index >= 15 is 0 Å². The Labute approximate surface area is 178 Å². The molecule has 2 aromatic carbocycles. The number of aromatic nitrogens is 2. The number of hydrogen-bond donors (Lipinski definition) is 1. The summed E-state index contributed by atoms with van der Waals surface area (Å²) >= 11 is 6.11. The molecule has 0 saturated heterocycles. The highest BCUT2D eigenvalue weighted by atomic mass is 35.5. The van der Waals surface area contributed by atoms with Crippen molar-refractivity contribution in [2.45, 2.75) is 24.9 Å². The molecule has 4 rings (SSSR count). The van der Waals surface area contributed by atoms with E-state index in [4.69, 9.17) is 17.3 Å². The summed E-state index contributed by atoms with van der Waals surface area (Å²) in [6.45, 7) is 0. The molecule has 8 heteroatoms. The van der Waals surface area contributed by atoms with Gasteiger partial charge in [0.1, 0.15) is 17.6 Å². The summed E-state index contributed by atoms with van der Waals surface area (Å²) in [6, 6.07) is 11.7. The summed E-state index contributed by atoms with van der Waals surface area (Å²) in [5.74, 6) is -1.50. The lowest BCUT2D eigenvalue weighted by atomic mass is 9.98. The Morgan fingerprint density at radius 2 is 2.00 bits per heavy atom. The van der Waals surface area contributed by atoms with Crippen molar-refractivity contribution in [2.24, 2.45) is 12.8 Å². The molecule has 1 heterocycles. The second-order valence-corrected chi connectivity index (χ2v) is 7.71. The zero-order valence-electron chi connectivity index (χ0n) is 16.3. The van der Waals surface area contributed by atoms with Crippen molar-refractivity contribution >= 4 is 23.4 Å². The van der Waals surface area contributed by atoms with Crippen LogP contribution in [0.4, 0.5) is 4.39 Å². The van der Waals surface area contributed by atoms with Crippen molar-refractivity contribution < 1.29 is 14.0 Å². The predicted molar refractivity (Wildman–Crippen MR) is 110 cm³/mol. The average Bonchev–Trinajstić information content (AvgIpc) is 3.32. The van der Waals surface area contributed by atoms with Gasteiger partial charge < -0.3 is 10.6 Å². The molecule has 0 saturated carbocycles. The molecule has 1 aliphatic rings. The van der Waals surface area contributed by atoms with Crippen LogP contribution in [0.5, 0.6) is 0 Å². The van der Waals surface area contributed by atoms with Crippen molar-refractivity contribution in [3.05, 3.63) is 88.0 Å². The van der Waals surface area contributed by atoms with Gasteiger partial charge in [-0.25, -0.2) is 4.39 Å². The number of benzene rings is 2. The first-order valence-corrected chi connectivity index (χ1v) is 9.89. The Morgan fingerprint density at radius 3 is 2.63 bits per heavy atom. The third-order valence-corrected chi connectivity index (χ3v) is 5.71. The lowest BCUT2D eigenvalue weighted by molar-refractivity contribution is -0.123. The van der Waals surface area contributed by atoms with Gasteiger partial charge in [-0.15, -0.1) is 0 Å². The molecule has 0 aliphatic heterocycles. The SMILES string of the molecule is Cn1nccc1C(=O)N(C(C(N)=O)c1ccccc1)[C@@H]1CCc2c(F)cc(Cl)cc21. The van der Waals surface area contributed by atoms with Gasteiger partial charge in [0.15, 0.2) is 0 Å². The summed E-state index contributed by atoms with van der Waals surface area (Å²) < 4.78 is 16.0. The zero-order valence-corrected chi connectivity index (χ0v) is 17.0. The van der Waals surface area contributed by atoms with Crippen LogP contribution in [0.3, 0.4) is 0 Å². The van der Waals surface area contributed by atoms with Crippen molar-refractivity contribution in [1.29, 1.82) is 0 Å². The number of carbonyl (C=O) groups is 2. The summed E-state index contributed by atoms with van der Waals surface area (Å²) in [7, 11) is 1.65. The van der Waals surface area contributed by atoms with Crippen LogP contribution in [-0.4, -0.2) is 26.5 Å². The summed E-state index contributed by atoms with van der Waals surface area (Å²) in [6.07, 6.45) is 2.39. The fourth-order valence-corrected chi connectivity index (χ4v) is 4.38. The molecule has 1 aromatic heterocycles. The second kappa shape index (κ2) is 7.91. The maximum atomic E-state index is 14.5. The molecule has 1 unspecified atom stereocenters. The highest BCUT2D eigenvalue weighted by molar-refractivity contribution is 6.30. The molecule has 2 atom stereocenters. The van der Waals surface area contributed by atoms with E-state index in [1.165, 1.54) is 21.8 Å². The zero-order chi connectivity index (χ0) is 21.4. The molecule has 154 valence electrons. The predicted octanol–water partition coefficient (Wildman–Crippen LogP) is 3.57. The highest BCUT2D eigenvalue weighted by Gasteiger charge is 2.41. The van der Waals surface area contributed by atoms with Gasteiger partial charge in [0.25, 0.3) is 5.91 Å². The number of hydrogen-bond acceptors (Lipinski definition) is 3. The van der Waals surface area contributed by atoms with E-state index in [0.29, 0.717) is 35.2 Å². The Balaban J connectivity index is 1.89. The van der Waals surface area contributed by atoms with Gasteiger partial charge in [-0.3, -0.25) is 14.3 Å². The van der Waals surface area contributed by atoms with Crippen LogP contribution < -0.4 is 5.73 Å². The smallest absolute Gasteiger partial charge is 0.273 e. The number of carbonyl (C=O) groups excluding carboxylic acids is 2. The maximum Gasteiger partial charge on any atom is 0.273 e. The first-order valence-electron chi connectivity index (χ1n) is 9.51. The number of aryl methyl sites for hydroxylation is 1. The largest absolute Gasteiger partial charge is 0.368 e. The number of rotatable bonds is 5. The molecule has 0 bridgehead atoms. The third kappa shape index (κ3) is 3.45. The molecule has 0 radical (unpaired) electrons. The number of nitrogens with zero attached hydrogens (tertiary/aromatic N) is 3. The molecule has 3 aromatic rings. The normalized spacial score (nSPS) is 16.2. The number of halogens is 2. The average molecular weight is 427 g/mol. The molecule has 6 nitrogen and oxygen atoms in total. The van der Waals surface area contributed by atoms with Gasteiger partial charge in [0.2, 0.25) is 5.91 Å². The number of amides is 2. The van der Waals surface area contributed by atoms with Crippen LogP contribution >= 0.6 is 11.6 Å². The molecule has 0 fully saturated rings. The van der Waals surface area contributed by atoms with E-state index in [-0.39, 0.29) is 5.02 Å². The van der Waals surface area contributed by atoms with Gasteiger partial charge in [-0.1, -0.05) is 41.9 Å². The van der Waals surface area contributed by atoms with Gasteiger partial charge in [0, 0.05) is 18.3 Å². The quantitative estimate of drug-likeness (QED) is 0.677. The van der Waals surface area contributed by atoms with Crippen LogP contribution in [0, 0.1) is 5.82 Å². The number of fused-ring (bicyclic) bond motifs is 1. The van der Waals surface area contributed by atoms with Crippen LogP contribution in [0.25, 0.3) is 0 Å². The van der Waals surface area contributed by atoms with Gasteiger partial charge >= 0.3 is 0 Å². The third-order valence-electron chi connectivity index (χ3n) is 5.49. The summed E-state index contributed by atoms with van der Waals surface area (Å²) in [5.41, 5.74) is 7.77. The molecular weight excluding hydrogens is 407 g/mol. The van der Waals surface area contributed by atoms with Gasteiger partial charge in [-0.05, 0) is 47.7 Å². The lowest BCUT2D eigenvalue weighted by Gasteiger charge is -2.35. The monoisotopic (exact) mass is 426 g/mol. The minimum atomic E-state index is -1.04. The van der Waals surface area contributed by atoms with Crippen molar-refractivity contribution in [2.75, 3.05) is 0 Å². The lowest BCUT2D eigenvalue weighted by Crippen LogP contribution is -2.44. The minimum absolute atomic E-state index is 0.237. The van der Waals surface area contributed by atoms with E-state index < -0.39 is 29.7 Å². The summed E-state index contributed by atoms with van der Waals surface area (Å²) in [4.78, 5) is 27.7. The Hall–Kier alpha value is -3.19. The second-order valence-electron chi connectivity index (χ2n) is 7.28. The van der Waals surface area contributed by atoms with E-state index in [9.17, 15) is 14.0 Å². The van der Waals surface area contributed by atoms with E-state index in [1.54, 1.807) is 43.4 Å². The van der Waals surface area contributed by atoms with Crippen molar-refractivity contribution in [3.63, 3.8) is 0 Å². The summed E-state index contributed by atoms with van der Waals surface area (Å²) in [5, 5.41) is 4.31. The first-order chi connectivity index (χ1) is 14.4. The molecule has 1 aliphatic carbocycles. The van der Waals surface area contributed by atoms with Crippen LogP contribution in [-0.2, 0) is 18.3 Å². The minimum Gasteiger partial charge on any atom is -0.368 e. The Bertz CT molecular complexity index is 1120. The first kappa shape index (κ1) is 20.1. The van der Waals surface area contributed by atoms with Gasteiger partial charge in [-0.2, -0.15) is 5.10 Å². The maximum absolute atomic E-state index is 14.5. The van der Waals surface area contributed by atoms with Crippen LogP contribution in [0.2, 0.25) is 5.02 Å². The number of primary amides is 1. The fourth-order valence-electron chi connectivity index (χ4n) is 4.16.